The molecule has 2 amide bonds. The molecular weight excluding hydrogens is 427 g/mol. The number of benzene rings is 1. The Morgan fingerprint density at radius 1 is 1.12 bits per heavy atom. The number of hydrogen-bond donors (Lipinski definition) is 0. The Morgan fingerprint density at radius 3 is 2.48 bits per heavy atom. The van der Waals surface area contributed by atoms with Crippen molar-refractivity contribution < 1.29 is 28.2 Å². The first kappa shape index (κ1) is 22.8. The molecule has 1 fully saturated rings. The van der Waals surface area contributed by atoms with Crippen LogP contribution in [-0.4, -0.2) is 59.5 Å². The van der Waals surface area contributed by atoms with Crippen molar-refractivity contribution in [3.05, 3.63) is 70.6 Å². The molecule has 7 nitrogen and oxygen atoms in total. The lowest BCUT2D eigenvalue weighted by Crippen LogP contribution is -2.52. The van der Waals surface area contributed by atoms with E-state index in [2.05, 4.69) is 0 Å². The van der Waals surface area contributed by atoms with Gasteiger partial charge in [-0.15, -0.1) is 0 Å². The van der Waals surface area contributed by atoms with E-state index in [-0.39, 0.29) is 18.7 Å². The van der Waals surface area contributed by atoms with Crippen molar-refractivity contribution in [3.8, 4) is 0 Å². The molecule has 3 aliphatic rings. The maximum Gasteiger partial charge on any atom is 0.410 e. The average Bonchev–Trinajstić information content (AvgIpc) is 3.09. The summed E-state index contributed by atoms with van der Waals surface area (Å²) in [5, 5.41) is 0. The molecule has 1 unspecified atom stereocenters. The molecule has 2 heterocycles. The third kappa shape index (κ3) is 4.99. The lowest BCUT2D eigenvalue weighted by molar-refractivity contribution is -0.128. The summed E-state index contributed by atoms with van der Waals surface area (Å²) in [5.41, 5.74) is 1.34. The molecule has 2 aliphatic heterocycles. The van der Waals surface area contributed by atoms with Crippen LogP contribution >= 0.6 is 0 Å². The van der Waals surface area contributed by atoms with Crippen LogP contribution in [0.4, 0.5) is 9.18 Å². The molecule has 0 spiro atoms. The van der Waals surface area contributed by atoms with Crippen molar-refractivity contribution in [3.63, 3.8) is 0 Å². The highest BCUT2D eigenvalue weighted by Crippen LogP contribution is 2.34. The van der Waals surface area contributed by atoms with E-state index < -0.39 is 35.5 Å². The molecule has 0 radical (unpaired) electrons. The lowest BCUT2D eigenvalue weighted by atomic mass is 9.96. The normalized spacial score (nSPS) is 21.9. The molecule has 1 aromatic rings. The van der Waals surface area contributed by atoms with E-state index in [1.54, 1.807) is 43.9 Å². The fourth-order valence-electron chi connectivity index (χ4n) is 3.99. The van der Waals surface area contributed by atoms with Gasteiger partial charge < -0.3 is 19.3 Å². The van der Waals surface area contributed by atoms with Crippen LogP contribution in [0.2, 0.25) is 0 Å². The van der Waals surface area contributed by atoms with E-state index in [1.165, 1.54) is 17.1 Å². The van der Waals surface area contributed by atoms with E-state index in [9.17, 15) is 18.8 Å². The predicted octanol–water partition coefficient (Wildman–Crippen LogP) is 4.09. The number of piperazine rings is 1. The molecular formula is C25H27FN2O5. The lowest BCUT2D eigenvalue weighted by Gasteiger charge is -2.36. The van der Waals surface area contributed by atoms with Gasteiger partial charge in [-0.3, -0.25) is 4.79 Å². The molecule has 1 saturated heterocycles. The summed E-state index contributed by atoms with van der Waals surface area (Å²) < 4.78 is 25.4. The van der Waals surface area contributed by atoms with Gasteiger partial charge in [-0.2, -0.15) is 0 Å². The third-order valence-corrected chi connectivity index (χ3v) is 5.64. The zero-order chi connectivity index (χ0) is 23.8. The number of esters is 1. The summed E-state index contributed by atoms with van der Waals surface area (Å²) in [6.45, 7) is 6.60. The molecule has 4 rings (SSSR count). The van der Waals surface area contributed by atoms with Gasteiger partial charge in [0.1, 0.15) is 17.5 Å². The molecule has 0 saturated carbocycles. The van der Waals surface area contributed by atoms with Crippen LogP contribution in [0.3, 0.4) is 0 Å². The maximum atomic E-state index is 14.6. The fraction of sp³-hybridized carbons (Fsp3) is 0.400. The molecule has 33 heavy (non-hydrogen) atoms. The van der Waals surface area contributed by atoms with Crippen molar-refractivity contribution in [2.45, 2.75) is 38.9 Å². The van der Waals surface area contributed by atoms with E-state index in [4.69, 9.17) is 9.47 Å². The van der Waals surface area contributed by atoms with Crippen LogP contribution < -0.4 is 0 Å². The van der Waals surface area contributed by atoms with Gasteiger partial charge in [0, 0.05) is 31.7 Å². The minimum Gasteiger partial charge on any atom is -0.450 e. The highest BCUT2D eigenvalue weighted by atomic mass is 19.1. The second-order valence-electron chi connectivity index (χ2n) is 9.23. The van der Waals surface area contributed by atoms with Crippen molar-refractivity contribution in [1.82, 2.24) is 9.80 Å². The summed E-state index contributed by atoms with van der Waals surface area (Å²) in [6, 6.07) is 7.13. The molecule has 1 aromatic carbocycles. The minimum atomic E-state index is -0.595. The molecule has 0 N–H and O–H groups in total. The number of carbonyl (C=O) groups excluding carboxylic acids is 3. The summed E-state index contributed by atoms with van der Waals surface area (Å²) >= 11 is 0. The number of nitrogens with zero attached hydrogens (tertiary/aromatic N) is 2. The maximum absolute atomic E-state index is 14.6. The van der Waals surface area contributed by atoms with E-state index in [0.29, 0.717) is 30.6 Å². The molecule has 0 bridgehead atoms. The van der Waals surface area contributed by atoms with Crippen molar-refractivity contribution in [1.29, 1.82) is 0 Å². The molecule has 1 atom stereocenters. The van der Waals surface area contributed by atoms with Gasteiger partial charge in [0.25, 0.3) is 5.91 Å². The van der Waals surface area contributed by atoms with Crippen LogP contribution in [-0.2, 0) is 14.3 Å². The van der Waals surface area contributed by atoms with Gasteiger partial charge in [0.2, 0.25) is 0 Å². The number of allylic oxidation sites excluding steroid dienone is 3. The van der Waals surface area contributed by atoms with Crippen LogP contribution in [0.15, 0.2) is 59.5 Å². The molecule has 174 valence electrons. The van der Waals surface area contributed by atoms with Crippen LogP contribution in [0.5, 0.6) is 0 Å². The third-order valence-electron chi connectivity index (χ3n) is 5.64. The van der Waals surface area contributed by atoms with Gasteiger partial charge in [-0.25, -0.2) is 14.0 Å². The average molecular weight is 454 g/mol. The predicted molar refractivity (Wildman–Crippen MR) is 119 cm³/mol. The van der Waals surface area contributed by atoms with Crippen LogP contribution in [0.25, 0.3) is 0 Å². The van der Waals surface area contributed by atoms with E-state index in [0.717, 1.165) is 5.56 Å². The van der Waals surface area contributed by atoms with Gasteiger partial charge >= 0.3 is 12.1 Å². The second kappa shape index (κ2) is 8.84. The topological polar surface area (TPSA) is 76.2 Å². The first-order chi connectivity index (χ1) is 15.6. The number of halogens is 1. The zero-order valence-electron chi connectivity index (χ0n) is 19.0. The Morgan fingerprint density at radius 2 is 1.79 bits per heavy atom. The fourth-order valence-corrected chi connectivity index (χ4v) is 3.99. The largest absolute Gasteiger partial charge is 0.450 e. The van der Waals surface area contributed by atoms with Crippen LogP contribution in [0, 0.1) is 0 Å². The van der Waals surface area contributed by atoms with E-state index >= 15 is 0 Å². The number of ether oxygens (including phenoxy) is 2. The Balaban J connectivity index is 1.45. The number of fused-ring (bicyclic) bond motifs is 1. The van der Waals surface area contributed by atoms with Gasteiger partial charge in [-0.05, 0) is 57.1 Å². The zero-order valence-corrected chi connectivity index (χ0v) is 19.0. The van der Waals surface area contributed by atoms with Crippen molar-refractivity contribution in [2.75, 3.05) is 26.2 Å². The van der Waals surface area contributed by atoms with Gasteiger partial charge in [0.05, 0.1) is 11.1 Å². The van der Waals surface area contributed by atoms with Crippen molar-refractivity contribution in [2.24, 2.45) is 0 Å². The van der Waals surface area contributed by atoms with Crippen LogP contribution in [0.1, 0.15) is 49.2 Å². The van der Waals surface area contributed by atoms with Gasteiger partial charge in [-0.1, -0.05) is 18.2 Å². The Kier molecular flexibility index (Phi) is 6.10. The number of hydrogen-bond acceptors (Lipinski definition) is 5. The standard InChI is InChI=1S/C25H27FN2O5/c1-25(2,3)33-24(31)28-12-10-27(11-13-28)22(29)19-14-16(8-9-20(19)26)15-21-17-6-4-5-7-18(17)23(30)32-21/h4-7,9,14-15,21H,8,10-13H2,1-3H3. The smallest absolute Gasteiger partial charge is 0.410 e. The summed E-state index contributed by atoms with van der Waals surface area (Å²) in [6.07, 6.45) is 3.94. The number of rotatable bonds is 2. The second-order valence-corrected chi connectivity index (χ2v) is 9.23. The summed E-state index contributed by atoms with van der Waals surface area (Å²) in [4.78, 5) is 40.4. The van der Waals surface area contributed by atoms with Gasteiger partial charge in [0.15, 0.2) is 0 Å². The summed E-state index contributed by atoms with van der Waals surface area (Å²) in [5.74, 6) is -1.40. The molecule has 0 aromatic heterocycles. The Bertz CT molecular complexity index is 1070. The Hall–Kier alpha value is -3.42. The first-order valence-corrected chi connectivity index (χ1v) is 11.0. The Labute approximate surface area is 192 Å². The molecule has 1 aliphatic carbocycles. The minimum absolute atomic E-state index is 0.0316. The van der Waals surface area contributed by atoms with E-state index in [1.807, 2.05) is 12.1 Å². The summed E-state index contributed by atoms with van der Waals surface area (Å²) in [7, 11) is 0. The first-order valence-electron chi connectivity index (χ1n) is 11.0. The monoisotopic (exact) mass is 454 g/mol. The number of carbonyl (C=O) groups is 3. The highest BCUT2D eigenvalue weighted by molar-refractivity contribution is 5.98. The quantitative estimate of drug-likeness (QED) is 0.630. The highest BCUT2D eigenvalue weighted by Gasteiger charge is 2.32. The SMILES string of the molecule is CC(C)(C)OC(=O)N1CCN(C(=O)C2=CC(=CC3OC(=O)c4ccccc43)CC=C2F)CC1. The number of amides is 2. The molecule has 8 heteroatoms. The number of cyclic esters (lactones) is 1. The van der Waals surface area contributed by atoms with Crippen molar-refractivity contribution >= 4 is 18.0 Å².